The molecule has 128 valence electrons. The van der Waals surface area contributed by atoms with E-state index in [9.17, 15) is 18.0 Å². The van der Waals surface area contributed by atoms with Crippen LogP contribution in [-0.4, -0.2) is 20.7 Å². The minimum absolute atomic E-state index is 0.182. The van der Waals surface area contributed by atoms with E-state index in [0.717, 1.165) is 17.8 Å². The van der Waals surface area contributed by atoms with Crippen LogP contribution in [0.3, 0.4) is 0 Å². The fraction of sp³-hybridized carbons (Fsp3) is 0.118. The number of halogens is 3. The largest absolute Gasteiger partial charge is 0.433 e. The van der Waals surface area contributed by atoms with Crippen LogP contribution in [0.4, 0.5) is 19.0 Å². The van der Waals surface area contributed by atoms with Crippen molar-refractivity contribution < 1.29 is 18.0 Å². The third-order valence-corrected chi connectivity index (χ3v) is 3.36. The van der Waals surface area contributed by atoms with Gasteiger partial charge in [-0.15, -0.1) is 0 Å². The van der Waals surface area contributed by atoms with E-state index in [2.05, 4.69) is 15.4 Å². The van der Waals surface area contributed by atoms with E-state index in [1.54, 1.807) is 0 Å². The van der Waals surface area contributed by atoms with E-state index >= 15 is 0 Å². The van der Waals surface area contributed by atoms with E-state index in [1.807, 2.05) is 30.3 Å². The summed E-state index contributed by atoms with van der Waals surface area (Å²) in [6.45, 7) is 0. The molecule has 1 aromatic carbocycles. The van der Waals surface area contributed by atoms with Gasteiger partial charge in [0.25, 0.3) is 0 Å². The van der Waals surface area contributed by atoms with Crippen LogP contribution in [0.15, 0.2) is 60.9 Å². The predicted molar refractivity (Wildman–Crippen MR) is 85.1 cm³/mol. The Morgan fingerprint density at radius 3 is 2.60 bits per heavy atom. The molecule has 0 aliphatic rings. The van der Waals surface area contributed by atoms with Gasteiger partial charge < -0.3 is 5.32 Å². The monoisotopic (exact) mass is 346 g/mol. The molecular weight excluding hydrogens is 333 g/mol. The highest BCUT2D eigenvalue weighted by molar-refractivity contribution is 5.91. The minimum Gasteiger partial charge on any atom is -0.309 e. The zero-order valence-corrected chi connectivity index (χ0v) is 12.9. The standard InChI is InChI=1S/C17H13F3N4O/c18-17(19,20)14-11-13(6-8-21-14)24-9-7-15(23-24)22-16(25)10-12-4-2-1-3-5-12/h1-9,11H,10H2,(H,22,23,25). The van der Waals surface area contributed by atoms with Crippen LogP contribution in [0.25, 0.3) is 5.69 Å². The zero-order chi connectivity index (χ0) is 17.9. The summed E-state index contributed by atoms with van der Waals surface area (Å²) in [6.07, 6.45) is -1.82. The van der Waals surface area contributed by atoms with Crippen molar-refractivity contribution in [1.82, 2.24) is 14.8 Å². The van der Waals surface area contributed by atoms with Gasteiger partial charge in [0.05, 0.1) is 12.1 Å². The number of nitrogens with zero attached hydrogens (tertiary/aromatic N) is 3. The lowest BCUT2D eigenvalue weighted by molar-refractivity contribution is -0.141. The van der Waals surface area contributed by atoms with Crippen LogP contribution in [0.5, 0.6) is 0 Å². The first-order valence-corrected chi connectivity index (χ1v) is 7.35. The molecule has 0 radical (unpaired) electrons. The van der Waals surface area contributed by atoms with Crippen LogP contribution in [0.1, 0.15) is 11.3 Å². The second-order valence-corrected chi connectivity index (χ2v) is 5.25. The molecule has 0 saturated heterocycles. The molecule has 8 heteroatoms. The van der Waals surface area contributed by atoms with Crippen molar-refractivity contribution in [3.05, 3.63) is 72.2 Å². The second kappa shape index (κ2) is 6.76. The number of rotatable bonds is 4. The summed E-state index contributed by atoms with van der Waals surface area (Å²) < 4.78 is 39.4. The zero-order valence-electron chi connectivity index (χ0n) is 12.9. The summed E-state index contributed by atoms with van der Waals surface area (Å²) in [7, 11) is 0. The molecule has 5 nitrogen and oxygen atoms in total. The van der Waals surface area contributed by atoms with E-state index in [-0.39, 0.29) is 23.8 Å². The fourth-order valence-electron chi connectivity index (χ4n) is 2.22. The lowest BCUT2D eigenvalue weighted by Crippen LogP contribution is -2.15. The van der Waals surface area contributed by atoms with Crippen molar-refractivity contribution in [2.24, 2.45) is 0 Å². The molecule has 1 amide bonds. The molecule has 2 aromatic heterocycles. The molecule has 2 heterocycles. The van der Waals surface area contributed by atoms with Crippen LogP contribution in [0.2, 0.25) is 0 Å². The molecule has 0 aliphatic carbocycles. The molecular formula is C17H13F3N4O. The summed E-state index contributed by atoms with van der Waals surface area (Å²) in [5.74, 6) is -0.00605. The summed E-state index contributed by atoms with van der Waals surface area (Å²) in [5.41, 5.74) is 0.0458. The van der Waals surface area contributed by atoms with Gasteiger partial charge in [0, 0.05) is 18.5 Å². The smallest absolute Gasteiger partial charge is 0.309 e. The molecule has 0 atom stereocenters. The number of aromatic nitrogens is 3. The summed E-state index contributed by atoms with van der Waals surface area (Å²) >= 11 is 0. The van der Waals surface area contributed by atoms with Crippen molar-refractivity contribution in [3.63, 3.8) is 0 Å². The molecule has 0 bridgehead atoms. The Hall–Kier alpha value is -3.16. The van der Waals surface area contributed by atoms with Gasteiger partial charge in [0.2, 0.25) is 5.91 Å². The van der Waals surface area contributed by atoms with Crippen molar-refractivity contribution in [3.8, 4) is 5.69 Å². The number of hydrogen-bond donors (Lipinski definition) is 1. The Bertz CT molecular complexity index is 875. The van der Waals surface area contributed by atoms with Gasteiger partial charge in [-0.25, -0.2) is 4.68 Å². The number of pyridine rings is 1. The normalized spacial score (nSPS) is 11.3. The molecule has 25 heavy (non-hydrogen) atoms. The first-order valence-electron chi connectivity index (χ1n) is 7.35. The third kappa shape index (κ3) is 4.23. The van der Waals surface area contributed by atoms with Gasteiger partial charge in [0.15, 0.2) is 5.82 Å². The van der Waals surface area contributed by atoms with Crippen molar-refractivity contribution >= 4 is 11.7 Å². The highest BCUT2D eigenvalue weighted by Crippen LogP contribution is 2.28. The minimum atomic E-state index is -4.53. The lowest BCUT2D eigenvalue weighted by Gasteiger charge is -2.07. The number of carbonyl (C=O) groups excluding carboxylic acids is 1. The molecule has 3 aromatic rings. The van der Waals surface area contributed by atoms with Gasteiger partial charge in [-0.2, -0.15) is 18.3 Å². The first-order chi connectivity index (χ1) is 11.9. The Kier molecular flexibility index (Phi) is 4.51. The molecule has 0 aliphatic heterocycles. The number of alkyl halides is 3. The maximum absolute atomic E-state index is 12.7. The van der Waals surface area contributed by atoms with E-state index in [4.69, 9.17) is 0 Å². The van der Waals surface area contributed by atoms with E-state index in [0.29, 0.717) is 0 Å². The van der Waals surface area contributed by atoms with Crippen LogP contribution in [-0.2, 0) is 17.4 Å². The van der Waals surface area contributed by atoms with Crippen LogP contribution in [0, 0.1) is 0 Å². The average molecular weight is 346 g/mol. The molecule has 3 rings (SSSR count). The SMILES string of the molecule is O=C(Cc1ccccc1)Nc1ccn(-c2ccnc(C(F)(F)F)c2)n1. The number of benzene rings is 1. The van der Waals surface area contributed by atoms with Gasteiger partial charge >= 0.3 is 6.18 Å². The predicted octanol–water partition coefficient (Wildman–Crippen LogP) is 3.47. The van der Waals surface area contributed by atoms with Gasteiger partial charge in [-0.05, 0) is 17.7 Å². The fourth-order valence-corrected chi connectivity index (χ4v) is 2.22. The number of nitrogens with one attached hydrogen (secondary N) is 1. The number of amides is 1. The van der Waals surface area contributed by atoms with Crippen molar-refractivity contribution in [2.75, 3.05) is 5.32 Å². The Labute approximate surface area is 141 Å². The average Bonchev–Trinajstić information content (AvgIpc) is 3.03. The molecule has 0 fully saturated rings. The van der Waals surface area contributed by atoms with Gasteiger partial charge in [0.1, 0.15) is 5.69 Å². The molecule has 1 N–H and O–H groups in total. The summed E-state index contributed by atoms with van der Waals surface area (Å²) in [4.78, 5) is 15.3. The maximum atomic E-state index is 12.7. The van der Waals surface area contributed by atoms with Crippen LogP contribution < -0.4 is 5.32 Å². The molecule has 0 spiro atoms. The number of anilines is 1. The topological polar surface area (TPSA) is 59.8 Å². The number of hydrogen-bond acceptors (Lipinski definition) is 3. The van der Waals surface area contributed by atoms with Gasteiger partial charge in [-0.1, -0.05) is 30.3 Å². The third-order valence-electron chi connectivity index (χ3n) is 3.36. The Morgan fingerprint density at radius 1 is 1.12 bits per heavy atom. The van der Waals surface area contributed by atoms with Crippen LogP contribution >= 0.6 is 0 Å². The Balaban J connectivity index is 1.71. The second-order valence-electron chi connectivity index (χ2n) is 5.25. The van der Waals surface area contributed by atoms with E-state index in [1.165, 1.54) is 23.0 Å². The molecule has 0 saturated carbocycles. The quantitative estimate of drug-likeness (QED) is 0.787. The highest BCUT2D eigenvalue weighted by Gasteiger charge is 2.32. The molecule has 0 unspecified atom stereocenters. The summed E-state index contributed by atoms with van der Waals surface area (Å²) in [6, 6.07) is 13.0. The lowest BCUT2D eigenvalue weighted by atomic mass is 10.1. The van der Waals surface area contributed by atoms with E-state index < -0.39 is 11.9 Å². The van der Waals surface area contributed by atoms with Crippen molar-refractivity contribution in [2.45, 2.75) is 12.6 Å². The highest BCUT2D eigenvalue weighted by atomic mass is 19.4. The van der Waals surface area contributed by atoms with Gasteiger partial charge in [-0.3, -0.25) is 9.78 Å². The first kappa shape index (κ1) is 16.7. The maximum Gasteiger partial charge on any atom is 0.433 e. The Morgan fingerprint density at radius 2 is 1.88 bits per heavy atom. The summed E-state index contributed by atoms with van der Waals surface area (Å²) in [5, 5.41) is 6.69. The van der Waals surface area contributed by atoms with Crippen molar-refractivity contribution in [1.29, 1.82) is 0 Å². The number of carbonyl (C=O) groups is 1.